The summed E-state index contributed by atoms with van der Waals surface area (Å²) in [5, 5.41) is 35.6. The summed E-state index contributed by atoms with van der Waals surface area (Å²) in [7, 11) is 0. The Hall–Kier alpha value is -1.84. The van der Waals surface area contributed by atoms with E-state index in [-0.39, 0.29) is 0 Å². The van der Waals surface area contributed by atoms with Gasteiger partial charge in [0.15, 0.2) is 11.5 Å². The summed E-state index contributed by atoms with van der Waals surface area (Å²) in [6, 6.07) is 1.16. The summed E-state index contributed by atoms with van der Waals surface area (Å²) in [5.74, 6) is -2.26. The first-order chi connectivity index (χ1) is 6.04. The van der Waals surface area contributed by atoms with E-state index in [2.05, 4.69) is 13.2 Å². The average molecular weight is 184 g/mol. The molecule has 0 atom stereocenters. The molecule has 0 spiro atoms. The molecule has 4 nitrogen and oxygen atoms in total. The van der Waals surface area contributed by atoms with Crippen LogP contribution in [0.15, 0.2) is 19.2 Å². The van der Waals surface area contributed by atoms with Gasteiger partial charge in [0, 0.05) is 0 Å². The molecule has 72 valence electrons. The van der Waals surface area contributed by atoms with Crippen LogP contribution in [-0.4, -0.2) is 20.4 Å². The molecular formula is C9H12O4. The van der Waals surface area contributed by atoms with Gasteiger partial charge in [-0.3, -0.25) is 0 Å². The number of aryl methyl sites for hydroxylation is 1. The van der Waals surface area contributed by atoms with Crippen LogP contribution < -0.4 is 0 Å². The molecular weight excluding hydrogens is 172 g/mol. The normalized spacial score (nSPS) is 8.69. The molecule has 0 aliphatic heterocycles. The van der Waals surface area contributed by atoms with Crippen LogP contribution in [0.5, 0.6) is 23.0 Å². The predicted octanol–water partition coefficient (Wildman–Crippen LogP) is 1.62. The summed E-state index contributed by atoms with van der Waals surface area (Å²) in [5.41, 5.74) is 0.304. The Labute approximate surface area is 76.0 Å². The molecule has 13 heavy (non-hydrogen) atoms. The van der Waals surface area contributed by atoms with Crippen LogP contribution in [0.25, 0.3) is 0 Å². The van der Waals surface area contributed by atoms with Gasteiger partial charge in [-0.15, -0.1) is 13.2 Å². The van der Waals surface area contributed by atoms with Crippen molar-refractivity contribution in [3.8, 4) is 23.0 Å². The van der Waals surface area contributed by atoms with E-state index < -0.39 is 23.0 Å². The SMILES string of the molecule is C=C.Cc1cc(O)c(O)c(O)c1O. The van der Waals surface area contributed by atoms with E-state index >= 15 is 0 Å². The van der Waals surface area contributed by atoms with Gasteiger partial charge in [0.05, 0.1) is 0 Å². The lowest BCUT2D eigenvalue weighted by atomic mass is 10.2. The van der Waals surface area contributed by atoms with E-state index in [1.54, 1.807) is 0 Å². The molecule has 0 fully saturated rings. The van der Waals surface area contributed by atoms with Crippen molar-refractivity contribution in [1.29, 1.82) is 0 Å². The maximum atomic E-state index is 8.99. The van der Waals surface area contributed by atoms with Crippen molar-refractivity contribution in [2.45, 2.75) is 6.92 Å². The highest BCUT2D eigenvalue weighted by Crippen LogP contribution is 2.43. The average Bonchev–Trinajstić information content (AvgIpc) is 2.15. The fourth-order valence-corrected chi connectivity index (χ4v) is 0.762. The standard InChI is InChI=1S/C7H8O4.C2H4/c1-3-2-4(8)6(10)7(11)5(3)9;1-2/h2,8-11H,1H3;1-2H2. The van der Waals surface area contributed by atoms with Crippen LogP contribution >= 0.6 is 0 Å². The Bertz CT molecular complexity index is 281. The zero-order chi connectivity index (χ0) is 10.6. The van der Waals surface area contributed by atoms with Crippen LogP contribution in [0.3, 0.4) is 0 Å². The lowest BCUT2D eigenvalue weighted by Crippen LogP contribution is -1.77. The lowest BCUT2D eigenvalue weighted by molar-refractivity contribution is 0.344. The first-order valence-electron chi connectivity index (χ1n) is 3.47. The second-order valence-electron chi connectivity index (χ2n) is 2.26. The third-order valence-electron chi connectivity index (χ3n) is 1.42. The summed E-state index contributed by atoms with van der Waals surface area (Å²) in [4.78, 5) is 0. The second-order valence-corrected chi connectivity index (χ2v) is 2.26. The first-order valence-corrected chi connectivity index (χ1v) is 3.47. The minimum absolute atomic E-state index is 0.304. The molecule has 0 aromatic heterocycles. The molecule has 4 heteroatoms. The Morgan fingerprint density at radius 3 is 1.85 bits per heavy atom. The molecule has 1 rings (SSSR count). The van der Waals surface area contributed by atoms with E-state index in [1.807, 2.05) is 0 Å². The van der Waals surface area contributed by atoms with Crippen LogP contribution in [0.4, 0.5) is 0 Å². The van der Waals surface area contributed by atoms with Crippen LogP contribution in [0, 0.1) is 6.92 Å². The number of benzene rings is 1. The molecule has 0 radical (unpaired) electrons. The summed E-state index contributed by atoms with van der Waals surface area (Å²) < 4.78 is 0. The van der Waals surface area contributed by atoms with Crippen molar-refractivity contribution in [1.82, 2.24) is 0 Å². The third kappa shape index (κ3) is 2.05. The summed E-state index contributed by atoms with van der Waals surface area (Å²) >= 11 is 0. The quantitative estimate of drug-likeness (QED) is 0.280. The maximum absolute atomic E-state index is 8.99. The number of aromatic hydroxyl groups is 4. The zero-order valence-corrected chi connectivity index (χ0v) is 7.28. The predicted molar refractivity (Wildman–Crippen MR) is 49.1 cm³/mol. The molecule has 0 heterocycles. The monoisotopic (exact) mass is 184 g/mol. The van der Waals surface area contributed by atoms with E-state index in [0.29, 0.717) is 5.56 Å². The van der Waals surface area contributed by atoms with Gasteiger partial charge >= 0.3 is 0 Å². The third-order valence-corrected chi connectivity index (χ3v) is 1.42. The number of phenols is 4. The number of phenolic OH excluding ortho intramolecular Hbond substituents is 4. The van der Waals surface area contributed by atoms with E-state index in [0.717, 1.165) is 6.07 Å². The Balaban J connectivity index is 0.000000671. The van der Waals surface area contributed by atoms with Crippen LogP contribution in [0.1, 0.15) is 5.56 Å². The number of hydrogen-bond donors (Lipinski definition) is 4. The molecule has 0 saturated carbocycles. The Kier molecular flexibility index (Phi) is 3.65. The highest BCUT2D eigenvalue weighted by Gasteiger charge is 2.12. The van der Waals surface area contributed by atoms with Gasteiger partial charge in [0.1, 0.15) is 0 Å². The van der Waals surface area contributed by atoms with Gasteiger partial charge in [-0.1, -0.05) is 0 Å². The van der Waals surface area contributed by atoms with Crippen molar-refractivity contribution >= 4 is 0 Å². The van der Waals surface area contributed by atoms with Gasteiger partial charge in [-0.05, 0) is 18.6 Å². The fraction of sp³-hybridized carbons (Fsp3) is 0.111. The second kappa shape index (κ2) is 4.25. The van der Waals surface area contributed by atoms with Crippen molar-refractivity contribution < 1.29 is 20.4 Å². The molecule has 0 bridgehead atoms. The molecule has 0 aliphatic rings. The van der Waals surface area contributed by atoms with Gasteiger partial charge in [-0.25, -0.2) is 0 Å². The van der Waals surface area contributed by atoms with E-state index in [9.17, 15) is 0 Å². The van der Waals surface area contributed by atoms with Crippen molar-refractivity contribution in [3.63, 3.8) is 0 Å². The van der Waals surface area contributed by atoms with E-state index in [1.165, 1.54) is 6.92 Å². The Morgan fingerprint density at radius 2 is 1.38 bits per heavy atom. The van der Waals surface area contributed by atoms with Gasteiger partial charge in [0.2, 0.25) is 11.5 Å². The van der Waals surface area contributed by atoms with Gasteiger partial charge in [0.25, 0.3) is 0 Å². The van der Waals surface area contributed by atoms with Crippen molar-refractivity contribution in [2.24, 2.45) is 0 Å². The summed E-state index contributed by atoms with van der Waals surface area (Å²) in [6.07, 6.45) is 0. The van der Waals surface area contributed by atoms with Crippen molar-refractivity contribution in [2.75, 3.05) is 0 Å². The molecule has 0 saturated heterocycles. The van der Waals surface area contributed by atoms with Crippen LogP contribution in [0.2, 0.25) is 0 Å². The first kappa shape index (κ1) is 11.2. The molecule has 0 amide bonds. The lowest BCUT2D eigenvalue weighted by Gasteiger charge is -2.04. The highest BCUT2D eigenvalue weighted by atomic mass is 16.3. The van der Waals surface area contributed by atoms with Crippen LogP contribution in [-0.2, 0) is 0 Å². The molecule has 0 unspecified atom stereocenters. The topological polar surface area (TPSA) is 80.9 Å². The summed E-state index contributed by atoms with van der Waals surface area (Å²) in [6.45, 7) is 7.49. The number of hydrogen-bond acceptors (Lipinski definition) is 4. The Morgan fingerprint density at radius 1 is 0.923 bits per heavy atom. The molecule has 1 aromatic rings. The maximum Gasteiger partial charge on any atom is 0.204 e. The molecule has 0 aliphatic carbocycles. The smallest absolute Gasteiger partial charge is 0.204 e. The van der Waals surface area contributed by atoms with Gasteiger partial charge < -0.3 is 20.4 Å². The van der Waals surface area contributed by atoms with E-state index in [4.69, 9.17) is 20.4 Å². The molecule has 1 aromatic carbocycles. The van der Waals surface area contributed by atoms with Gasteiger partial charge in [-0.2, -0.15) is 0 Å². The zero-order valence-electron chi connectivity index (χ0n) is 7.28. The largest absolute Gasteiger partial charge is 0.504 e. The fourth-order valence-electron chi connectivity index (χ4n) is 0.762. The minimum atomic E-state index is -0.701. The minimum Gasteiger partial charge on any atom is -0.504 e. The molecule has 4 N–H and O–H groups in total. The highest BCUT2D eigenvalue weighted by molar-refractivity contribution is 5.59. The van der Waals surface area contributed by atoms with Crippen molar-refractivity contribution in [3.05, 3.63) is 24.8 Å². The number of rotatable bonds is 0.